The fraction of sp³-hybridized carbons (Fsp3) is 1.00. The molecule has 0 aliphatic heterocycles. The molecule has 9 unspecified atom stereocenters. The van der Waals surface area contributed by atoms with Gasteiger partial charge in [-0.2, -0.15) is 0 Å². The molecule has 10 aliphatic carbocycles. The van der Waals surface area contributed by atoms with E-state index in [1.807, 2.05) is 0 Å². The van der Waals surface area contributed by atoms with Gasteiger partial charge < -0.3 is 0 Å². The molecule has 10 bridgehead atoms. The maximum Gasteiger partial charge on any atom is -0.0195 e. The molecular formula is C68H126. The molecule has 0 nitrogen and oxygen atoms in total. The molecule has 0 aromatic rings. The molecule has 9 atom stereocenters. The summed E-state index contributed by atoms with van der Waals surface area (Å²) in [4.78, 5) is 0. The highest BCUT2D eigenvalue weighted by molar-refractivity contribution is 5.17. The summed E-state index contributed by atoms with van der Waals surface area (Å²) in [6.45, 7) is 69.3. The van der Waals surface area contributed by atoms with Gasteiger partial charge in [-0.05, 0) is 238 Å². The molecule has 0 aromatic heterocycles. The van der Waals surface area contributed by atoms with Crippen LogP contribution in [0.5, 0.6) is 0 Å². The van der Waals surface area contributed by atoms with Crippen LogP contribution < -0.4 is 0 Å². The van der Waals surface area contributed by atoms with Crippen LogP contribution in [0, 0.1) is 129 Å². The van der Waals surface area contributed by atoms with Crippen molar-refractivity contribution in [3.05, 3.63) is 0 Å². The van der Waals surface area contributed by atoms with Crippen molar-refractivity contribution in [3.8, 4) is 0 Å². The van der Waals surface area contributed by atoms with Crippen LogP contribution in [-0.4, -0.2) is 0 Å². The van der Waals surface area contributed by atoms with Gasteiger partial charge in [0.15, 0.2) is 0 Å². The van der Waals surface area contributed by atoms with Crippen LogP contribution in [0.1, 0.15) is 303 Å². The lowest BCUT2D eigenvalue weighted by molar-refractivity contribution is 0.000973. The van der Waals surface area contributed by atoms with E-state index in [0.29, 0.717) is 81.2 Å². The molecular weight excluding hydrogens is 817 g/mol. The van der Waals surface area contributed by atoms with E-state index >= 15 is 0 Å². The highest BCUT2D eigenvalue weighted by Crippen LogP contribution is 2.76. The Morgan fingerprint density at radius 2 is 0.779 bits per heavy atom. The second kappa shape index (κ2) is 17.0. The Balaban J connectivity index is 0.000000140. The average molecular weight is 944 g/mol. The Bertz CT molecular complexity index is 1700. The lowest BCUT2D eigenvalue weighted by Gasteiger charge is -2.49. The third-order valence-corrected chi connectivity index (χ3v) is 29.0. The van der Waals surface area contributed by atoms with Crippen molar-refractivity contribution in [1.29, 1.82) is 0 Å². The maximum atomic E-state index is 2.55. The Hall–Kier alpha value is 0. The predicted molar refractivity (Wildman–Crippen MR) is 302 cm³/mol. The Labute approximate surface area is 429 Å². The molecule has 10 rings (SSSR count). The summed E-state index contributed by atoms with van der Waals surface area (Å²) in [5.41, 5.74) is 8.81. The van der Waals surface area contributed by atoms with Crippen molar-refractivity contribution in [2.75, 3.05) is 0 Å². The molecule has 0 N–H and O–H groups in total. The van der Waals surface area contributed by atoms with Gasteiger partial charge in [-0.25, -0.2) is 0 Å². The normalized spacial score (nSPS) is 45.6. The number of fused-ring (bicyclic) bond motifs is 10. The first-order chi connectivity index (χ1) is 30.2. The summed E-state index contributed by atoms with van der Waals surface area (Å²) in [5, 5.41) is 0. The second-order valence-corrected chi connectivity index (χ2v) is 36.1. The molecule has 0 aromatic carbocycles. The van der Waals surface area contributed by atoms with E-state index in [-0.39, 0.29) is 0 Å². The SMILES string of the molecule is CC(C)(C)C12CCC(CC1)C2(C)C.CC(C)(C)C1CC2(C)CCC1C2(C)C.CC(C)(C)C1CC2(C)CCC1C2(C)C.CC(C)(C)C1CC2CCC1(C)C2(C)C.CC(C)C12CCC(C)(CC1)C2(C)C. The summed E-state index contributed by atoms with van der Waals surface area (Å²) in [6.07, 6.45) is 25.1. The molecule has 10 aliphatic rings. The lowest BCUT2D eigenvalue weighted by atomic mass is 9.56. The average Bonchev–Trinajstić information content (AvgIpc) is 4.03. The summed E-state index contributed by atoms with van der Waals surface area (Å²) in [7, 11) is 0. The minimum Gasteiger partial charge on any atom is -0.0622 e. The van der Waals surface area contributed by atoms with Crippen LogP contribution in [-0.2, 0) is 0 Å². The first-order valence-electron chi connectivity index (χ1n) is 30.2. The van der Waals surface area contributed by atoms with Gasteiger partial charge >= 0.3 is 0 Å². The largest absolute Gasteiger partial charge is 0.0622 e. The van der Waals surface area contributed by atoms with Crippen LogP contribution in [0.4, 0.5) is 0 Å². The summed E-state index contributed by atoms with van der Waals surface area (Å²) < 4.78 is 0. The molecule has 10 saturated carbocycles. The zero-order valence-electron chi connectivity index (χ0n) is 52.1. The highest BCUT2D eigenvalue weighted by Gasteiger charge is 2.67. The Morgan fingerprint density at radius 3 is 0.926 bits per heavy atom. The minimum absolute atomic E-state index is 0.501. The highest BCUT2D eigenvalue weighted by atomic mass is 14.7. The molecule has 10 fully saturated rings. The standard InChI is InChI=1S/3C14H26.2C13H24/c2*1-12(2,3)11-9-14(6)8-7-10(11)13(14,4)5;1-12(2,3)11-9-10-7-8-14(11,6)13(10,4)5;1-11(2,3)13-8-6-10(7-9-13)12(13,4)5;1-10(2)13-8-6-12(5,7-9-13)11(13,3)4/h3*10-11H,7-9H2,1-6H3;2*10H,6-9H2,1-5H3. The third kappa shape index (κ3) is 8.33. The summed E-state index contributed by atoms with van der Waals surface area (Å²) in [5.74, 6) is 7.69. The predicted octanol–water partition coefficient (Wildman–Crippen LogP) is 22.0. The van der Waals surface area contributed by atoms with E-state index in [4.69, 9.17) is 0 Å². The topological polar surface area (TPSA) is 0 Å². The van der Waals surface area contributed by atoms with Crippen LogP contribution in [0.2, 0.25) is 0 Å². The van der Waals surface area contributed by atoms with Crippen molar-refractivity contribution in [1.82, 2.24) is 0 Å². The van der Waals surface area contributed by atoms with Gasteiger partial charge in [0, 0.05) is 0 Å². The molecule has 0 radical (unpaired) electrons. The van der Waals surface area contributed by atoms with Crippen LogP contribution in [0.15, 0.2) is 0 Å². The number of hydrogen-bond acceptors (Lipinski definition) is 0. The van der Waals surface area contributed by atoms with Crippen molar-refractivity contribution in [2.45, 2.75) is 303 Å². The van der Waals surface area contributed by atoms with E-state index in [1.165, 1.54) is 109 Å². The summed E-state index contributed by atoms with van der Waals surface area (Å²) in [6, 6.07) is 0. The van der Waals surface area contributed by atoms with Gasteiger partial charge in [0.25, 0.3) is 0 Å². The molecule has 398 valence electrons. The van der Waals surface area contributed by atoms with Crippen LogP contribution in [0.3, 0.4) is 0 Å². The Morgan fingerprint density at radius 1 is 0.382 bits per heavy atom. The van der Waals surface area contributed by atoms with Crippen LogP contribution >= 0.6 is 0 Å². The molecule has 0 spiro atoms. The zero-order valence-corrected chi connectivity index (χ0v) is 52.1. The van der Waals surface area contributed by atoms with Gasteiger partial charge in [-0.1, -0.05) is 194 Å². The first-order valence-corrected chi connectivity index (χ1v) is 30.2. The van der Waals surface area contributed by atoms with Gasteiger partial charge in [-0.15, -0.1) is 0 Å². The fourth-order valence-corrected chi connectivity index (χ4v) is 21.9. The third-order valence-electron chi connectivity index (χ3n) is 29.0. The number of hydrogen-bond donors (Lipinski definition) is 0. The summed E-state index contributed by atoms with van der Waals surface area (Å²) >= 11 is 0. The molecule has 0 heterocycles. The van der Waals surface area contributed by atoms with E-state index < -0.39 is 0 Å². The van der Waals surface area contributed by atoms with Gasteiger partial charge in [0.05, 0.1) is 0 Å². The van der Waals surface area contributed by atoms with E-state index in [1.54, 1.807) is 0 Å². The van der Waals surface area contributed by atoms with E-state index in [0.717, 1.165) is 47.3 Å². The fourth-order valence-electron chi connectivity index (χ4n) is 21.9. The van der Waals surface area contributed by atoms with Crippen molar-refractivity contribution >= 4 is 0 Å². The second-order valence-electron chi connectivity index (χ2n) is 36.1. The zero-order chi connectivity index (χ0) is 52.1. The first kappa shape index (κ1) is 57.3. The quantitative estimate of drug-likeness (QED) is 0.246. The van der Waals surface area contributed by atoms with Crippen molar-refractivity contribution in [2.24, 2.45) is 129 Å². The monoisotopic (exact) mass is 943 g/mol. The molecule has 68 heavy (non-hydrogen) atoms. The molecule has 0 saturated heterocycles. The Kier molecular flexibility index (Phi) is 14.3. The van der Waals surface area contributed by atoms with E-state index in [2.05, 4.69) is 194 Å². The molecule has 0 heteroatoms. The van der Waals surface area contributed by atoms with Gasteiger partial charge in [0.2, 0.25) is 0 Å². The van der Waals surface area contributed by atoms with Gasteiger partial charge in [-0.3, -0.25) is 0 Å². The molecule has 0 amide bonds. The van der Waals surface area contributed by atoms with Crippen molar-refractivity contribution in [3.63, 3.8) is 0 Å². The van der Waals surface area contributed by atoms with E-state index in [9.17, 15) is 0 Å². The lowest BCUT2D eigenvalue weighted by Crippen LogP contribution is -2.41. The maximum absolute atomic E-state index is 2.55. The number of rotatable bonds is 1. The van der Waals surface area contributed by atoms with Crippen LogP contribution in [0.25, 0.3) is 0 Å². The smallest absolute Gasteiger partial charge is 0.0195 e. The minimum atomic E-state index is 0.501. The van der Waals surface area contributed by atoms with Crippen molar-refractivity contribution < 1.29 is 0 Å². The van der Waals surface area contributed by atoms with Gasteiger partial charge in [0.1, 0.15) is 0 Å².